The van der Waals surface area contributed by atoms with E-state index in [4.69, 9.17) is 14.5 Å². The van der Waals surface area contributed by atoms with E-state index in [1.54, 1.807) is 32.4 Å². The minimum Gasteiger partial charge on any atom is -0.493 e. The Balaban J connectivity index is 1.30. The molecule has 8 nitrogen and oxygen atoms in total. The lowest BCUT2D eigenvalue weighted by atomic mass is 10.2. The third kappa shape index (κ3) is 3.53. The van der Waals surface area contributed by atoms with Crippen molar-refractivity contribution in [3.8, 4) is 11.5 Å². The van der Waals surface area contributed by atoms with Gasteiger partial charge in [0, 0.05) is 44.1 Å². The van der Waals surface area contributed by atoms with Gasteiger partial charge in [0.05, 0.1) is 30.8 Å². The zero-order valence-electron chi connectivity index (χ0n) is 18.1. The number of nitrogens with one attached hydrogen (secondary N) is 1. The molecule has 1 N–H and O–H groups in total. The number of amides is 2. The van der Waals surface area contributed by atoms with E-state index in [1.165, 1.54) is 0 Å². The number of piperazine rings is 1. The quantitative estimate of drug-likeness (QED) is 0.531. The molecule has 0 aliphatic carbocycles. The van der Waals surface area contributed by atoms with Crippen molar-refractivity contribution in [2.75, 3.05) is 50.6 Å². The molecule has 0 bridgehead atoms. The summed E-state index contributed by atoms with van der Waals surface area (Å²) in [5.41, 5.74) is 3.79. The molecule has 8 heteroatoms. The van der Waals surface area contributed by atoms with Gasteiger partial charge in [-0.3, -0.25) is 0 Å². The number of benzene rings is 2. The average Bonchev–Trinajstić information content (AvgIpc) is 3.34. The number of ether oxygens (including phenoxy) is 2. The minimum absolute atomic E-state index is 0.129. The van der Waals surface area contributed by atoms with Gasteiger partial charge in [0.2, 0.25) is 0 Å². The topological polar surface area (TPSA) is 71.3 Å². The molecule has 3 heterocycles. The molecule has 5 rings (SSSR count). The van der Waals surface area contributed by atoms with Crippen LogP contribution in [0.1, 0.15) is 0 Å². The molecule has 32 heavy (non-hydrogen) atoms. The highest BCUT2D eigenvalue weighted by Gasteiger charge is 2.24. The first-order valence-corrected chi connectivity index (χ1v) is 10.6. The molecule has 1 aliphatic rings. The predicted octanol–water partition coefficient (Wildman–Crippen LogP) is 3.86. The molecule has 164 valence electrons. The number of carbonyl (C=O) groups is 1. The zero-order valence-corrected chi connectivity index (χ0v) is 18.1. The number of para-hydroxylation sites is 2. The Hall–Kier alpha value is -3.94. The lowest BCUT2D eigenvalue weighted by Gasteiger charge is -2.35. The second-order valence-corrected chi connectivity index (χ2v) is 7.66. The van der Waals surface area contributed by atoms with Crippen LogP contribution in [0.4, 0.5) is 16.3 Å². The van der Waals surface area contributed by atoms with Crippen molar-refractivity contribution in [3.63, 3.8) is 0 Å². The van der Waals surface area contributed by atoms with Gasteiger partial charge in [-0.2, -0.15) is 0 Å². The molecule has 0 unspecified atom stereocenters. The zero-order chi connectivity index (χ0) is 22.1. The first-order chi connectivity index (χ1) is 15.7. The maximum atomic E-state index is 12.8. The van der Waals surface area contributed by atoms with Crippen LogP contribution < -0.4 is 19.7 Å². The van der Waals surface area contributed by atoms with E-state index in [1.807, 2.05) is 29.2 Å². The summed E-state index contributed by atoms with van der Waals surface area (Å²) < 4.78 is 12.8. The summed E-state index contributed by atoms with van der Waals surface area (Å²) in [5.74, 6) is 2.15. The average molecular weight is 431 g/mol. The highest BCUT2D eigenvalue weighted by Crippen LogP contribution is 2.30. The highest BCUT2D eigenvalue weighted by atomic mass is 16.5. The van der Waals surface area contributed by atoms with Crippen LogP contribution in [-0.4, -0.2) is 60.7 Å². The molecule has 0 spiro atoms. The van der Waals surface area contributed by atoms with Gasteiger partial charge in [-0.15, -0.1) is 0 Å². The van der Waals surface area contributed by atoms with Crippen LogP contribution in [0.3, 0.4) is 0 Å². The molecule has 2 aromatic carbocycles. The molecule has 1 saturated heterocycles. The molecule has 0 atom stereocenters. The Bertz CT molecular complexity index is 1280. The molecular weight excluding hydrogens is 406 g/mol. The van der Waals surface area contributed by atoms with Crippen molar-refractivity contribution < 1.29 is 14.3 Å². The monoisotopic (exact) mass is 431 g/mol. The summed E-state index contributed by atoms with van der Waals surface area (Å²) in [6, 6.07) is 17.5. The van der Waals surface area contributed by atoms with Crippen LogP contribution in [0.25, 0.3) is 16.6 Å². The molecule has 1 fully saturated rings. The number of anilines is 2. The summed E-state index contributed by atoms with van der Waals surface area (Å²) in [4.78, 5) is 21.8. The van der Waals surface area contributed by atoms with E-state index in [9.17, 15) is 4.79 Å². The van der Waals surface area contributed by atoms with Gasteiger partial charge >= 0.3 is 6.03 Å². The van der Waals surface area contributed by atoms with Gasteiger partial charge in [-0.25, -0.2) is 9.78 Å². The van der Waals surface area contributed by atoms with Crippen LogP contribution in [0, 0.1) is 0 Å². The fraction of sp³-hybridized carbons (Fsp3) is 0.250. The Kier molecular flexibility index (Phi) is 5.18. The lowest BCUT2D eigenvalue weighted by Crippen LogP contribution is -2.50. The first kappa shape index (κ1) is 20.0. The third-order valence-electron chi connectivity index (χ3n) is 5.85. The maximum absolute atomic E-state index is 12.8. The lowest BCUT2D eigenvalue weighted by molar-refractivity contribution is 0.208. The molecule has 0 radical (unpaired) electrons. The van der Waals surface area contributed by atoms with Gasteiger partial charge in [0.1, 0.15) is 0 Å². The normalized spacial score (nSPS) is 14.1. The van der Waals surface area contributed by atoms with Crippen LogP contribution in [0.5, 0.6) is 11.5 Å². The second-order valence-electron chi connectivity index (χ2n) is 7.66. The summed E-state index contributed by atoms with van der Waals surface area (Å²) in [6.45, 7) is 2.65. The van der Waals surface area contributed by atoms with Crippen molar-refractivity contribution in [3.05, 3.63) is 60.8 Å². The molecule has 0 saturated carbocycles. The number of nitrogens with zero attached hydrogens (tertiary/aromatic N) is 4. The van der Waals surface area contributed by atoms with Crippen LogP contribution in [0.15, 0.2) is 60.8 Å². The number of hydrogen-bond acceptors (Lipinski definition) is 5. The van der Waals surface area contributed by atoms with E-state index in [-0.39, 0.29) is 6.03 Å². The highest BCUT2D eigenvalue weighted by molar-refractivity contribution is 5.90. The smallest absolute Gasteiger partial charge is 0.321 e. The summed E-state index contributed by atoms with van der Waals surface area (Å²) in [5, 5.41) is 2.96. The van der Waals surface area contributed by atoms with Gasteiger partial charge < -0.3 is 29.0 Å². The number of hydrogen-bond donors (Lipinski definition) is 1. The number of aromatic nitrogens is 2. The first-order valence-electron chi connectivity index (χ1n) is 10.6. The van der Waals surface area contributed by atoms with E-state index in [0.29, 0.717) is 43.4 Å². The van der Waals surface area contributed by atoms with Crippen LogP contribution in [-0.2, 0) is 0 Å². The number of urea groups is 1. The second kappa shape index (κ2) is 8.30. The van der Waals surface area contributed by atoms with E-state index in [2.05, 4.69) is 32.9 Å². The number of fused-ring (bicyclic) bond motifs is 3. The maximum Gasteiger partial charge on any atom is 0.321 e. The molecule has 1 aliphatic heterocycles. The van der Waals surface area contributed by atoms with Crippen molar-refractivity contribution in [2.24, 2.45) is 0 Å². The molecule has 4 aromatic rings. The standard InChI is InChI=1S/C24H25N5O3/c1-31-21-10-9-17(16-22(21)32-2)25-24(30)28-14-12-27(13-15-28)23-20-8-5-11-29(20)19-7-4-3-6-18(19)26-23/h3-11,16H,12-15H2,1-2H3,(H,25,30). The van der Waals surface area contributed by atoms with Crippen molar-refractivity contribution in [1.82, 2.24) is 14.3 Å². The predicted molar refractivity (Wildman–Crippen MR) is 125 cm³/mol. The molecule has 2 aromatic heterocycles. The van der Waals surface area contributed by atoms with Crippen LogP contribution >= 0.6 is 0 Å². The number of methoxy groups -OCH3 is 2. The van der Waals surface area contributed by atoms with Gasteiger partial charge in [-0.05, 0) is 36.4 Å². The van der Waals surface area contributed by atoms with Crippen molar-refractivity contribution in [1.29, 1.82) is 0 Å². The Labute approximate surface area is 186 Å². The summed E-state index contributed by atoms with van der Waals surface area (Å²) >= 11 is 0. The molecule has 2 amide bonds. The van der Waals surface area contributed by atoms with E-state index < -0.39 is 0 Å². The molecular formula is C24H25N5O3. The summed E-state index contributed by atoms with van der Waals surface area (Å²) in [7, 11) is 3.16. The van der Waals surface area contributed by atoms with Crippen LogP contribution in [0.2, 0.25) is 0 Å². The Morgan fingerprint density at radius 1 is 0.906 bits per heavy atom. The fourth-order valence-electron chi connectivity index (χ4n) is 4.18. The van der Waals surface area contributed by atoms with E-state index in [0.717, 1.165) is 22.4 Å². The number of carbonyl (C=O) groups excluding carboxylic acids is 1. The van der Waals surface area contributed by atoms with Crippen molar-refractivity contribution in [2.45, 2.75) is 0 Å². The Morgan fingerprint density at radius 2 is 1.66 bits per heavy atom. The largest absolute Gasteiger partial charge is 0.493 e. The third-order valence-corrected chi connectivity index (χ3v) is 5.85. The number of rotatable bonds is 4. The van der Waals surface area contributed by atoms with Gasteiger partial charge in [0.15, 0.2) is 17.3 Å². The fourth-order valence-corrected chi connectivity index (χ4v) is 4.18. The van der Waals surface area contributed by atoms with E-state index >= 15 is 0 Å². The summed E-state index contributed by atoms with van der Waals surface area (Å²) in [6.07, 6.45) is 2.07. The van der Waals surface area contributed by atoms with Gasteiger partial charge in [-0.1, -0.05) is 12.1 Å². The minimum atomic E-state index is -0.129. The SMILES string of the molecule is COc1ccc(NC(=O)N2CCN(c3nc4ccccc4n4cccc34)CC2)cc1OC. The van der Waals surface area contributed by atoms with Crippen molar-refractivity contribution >= 4 is 34.1 Å². The Morgan fingerprint density at radius 3 is 2.44 bits per heavy atom. The van der Waals surface area contributed by atoms with Gasteiger partial charge in [0.25, 0.3) is 0 Å².